The quantitative estimate of drug-likeness (QED) is 0.887. The standard InChI is InChI=1S/C16H20N2S/c1-10(14-9-11-2-3-12(14)8-11)18-16-13-5-7-19-15(13)4-6-17-16/h4-7,10-12,14H,2-3,8-9H2,1H3,(H,17,18). The average Bonchev–Trinajstić information content (AvgIpc) is 3.14. The van der Waals surface area contributed by atoms with Gasteiger partial charge in [0.2, 0.25) is 0 Å². The molecule has 2 nitrogen and oxygen atoms in total. The molecule has 2 saturated carbocycles. The monoisotopic (exact) mass is 272 g/mol. The van der Waals surface area contributed by atoms with Gasteiger partial charge in [-0.15, -0.1) is 11.3 Å². The van der Waals surface area contributed by atoms with E-state index in [1.807, 2.05) is 6.20 Å². The van der Waals surface area contributed by atoms with Crippen LogP contribution in [0.15, 0.2) is 23.7 Å². The molecule has 0 aromatic carbocycles. The summed E-state index contributed by atoms with van der Waals surface area (Å²) in [6, 6.07) is 4.84. The SMILES string of the molecule is CC(Nc1nccc2sccc12)C1CC2CCC1C2. The fourth-order valence-corrected chi connectivity index (χ4v) is 5.02. The Bertz CT molecular complexity index is 591. The predicted molar refractivity (Wildman–Crippen MR) is 81.6 cm³/mol. The lowest BCUT2D eigenvalue weighted by Crippen LogP contribution is -2.30. The molecule has 1 N–H and O–H groups in total. The Labute approximate surface area is 118 Å². The lowest BCUT2D eigenvalue weighted by atomic mass is 9.84. The van der Waals surface area contributed by atoms with Crippen LogP contribution >= 0.6 is 11.3 Å². The molecular weight excluding hydrogens is 252 g/mol. The molecule has 2 heterocycles. The van der Waals surface area contributed by atoms with Crippen molar-refractivity contribution >= 4 is 27.2 Å². The Hall–Kier alpha value is -1.09. The highest BCUT2D eigenvalue weighted by molar-refractivity contribution is 7.17. The highest BCUT2D eigenvalue weighted by Crippen LogP contribution is 2.49. The summed E-state index contributed by atoms with van der Waals surface area (Å²) in [5.74, 6) is 3.92. The second-order valence-corrected chi connectivity index (χ2v) is 7.21. The van der Waals surface area contributed by atoms with Crippen molar-refractivity contribution in [3.8, 4) is 0 Å². The Balaban J connectivity index is 1.56. The van der Waals surface area contributed by atoms with E-state index in [2.05, 4.69) is 34.7 Å². The smallest absolute Gasteiger partial charge is 0.134 e. The summed E-state index contributed by atoms with van der Waals surface area (Å²) in [5, 5.41) is 7.13. The van der Waals surface area contributed by atoms with Gasteiger partial charge < -0.3 is 5.32 Å². The van der Waals surface area contributed by atoms with E-state index < -0.39 is 0 Å². The maximum atomic E-state index is 4.55. The number of hydrogen-bond acceptors (Lipinski definition) is 3. The van der Waals surface area contributed by atoms with Crippen molar-refractivity contribution in [2.45, 2.75) is 38.6 Å². The van der Waals surface area contributed by atoms with Crippen molar-refractivity contribution in [1.82, 2.24) is 4.98 Å². The maximum Gasteiger partial charge on any atom is 0.134 e. The van der Waals surface area contributed by atoms with Crippen LogP contribution in [0, 0.1) is 17.8 Å². The Morgan fingerprint density at radius 2 is 2.26 bits per heavy atom. The van der Waals surface area contributed by atoms with Crippen molar-refractivity contribution in [3.05, 3.63) is 23.7 Å². The molecule has 2 fully saturated rings. The molecule has 3 heteroatoms. The van der Waals surface area contributed by atoms with Crippen molar-refractivity contribution in [2.24, 2.45) is 17.8 Å². The number of nitrogens with zero attached hydrogens (tertiary/aromatic N) is 1. The second kappa shape index (κ2) is 4.48. The highest BCUT2D eigenvalue weighted by atomic mass is 32.1. The highest BCUT2D eigenvalue weighted by Gasteiger charge is 2.41. The van der Waals surface area contributed by atoms with Crippen LogP contribution in [0.4, 0.5) is 5.82 Å². The zero-order valence-electron chi connectivity index (χ0n) is 11.3. The molecule has 2 aromatic heterocycles. The summed E-state index contributed by atoms with van der Waals surface area (Å²) in [7, 11) is 0. The van der Waals surface area contributed by atoms with Crippen LogP contribution in [-0.4, -0.2) is 11.0 Å². The first kappa shape index (κ1) is 11.7. The summed E-state index contributed by atoms with van der Waals surface area (Å²) in [6.45, 7) is 2.35. The van der Waals surface area contributed by atoms with Crippen molar-refractivity contribution in [2.75, 3.05) is 5.32 Å². The summed E-state index contributed by atoms with van der Waals surface area (Å²) in [6.07, 6.45) is 7.77. The minimum absolute atomic E-state index is 0.549. The number of hydrogen-bond donors (Lipinski definition) is 1. The Morgan fingerprint density at radius 3 is 3.05 bits per heavy atom. The lowest BCUT2D eigenvalue weighted by Gasteiger charge is -2.29. The van der Waals surface area contributed by atoms with Gasteiger partial charge in [0.15, 0.2) is 0 Å². The van der Waals surface area contributed by atoms with E-state index in [0.29, 0.717) is 6.04 Å². The molecule has 19 heavy (non-hydrogen) atoms. The Morgan fingerprint density at radius 1 is 1.32 bits per heavy atom. The summed E-state index contributed by atoms with van der Waals surface area (Å²) in [4.78, 5) is 4.55. The minimum Gasteiger partial charge on any atom is -0.367 e. The number of fused-ring (bicyclic) bond motifs is 3. The molecule has 0 aliphatic heterocycles. The Kier molecular flexibility index (Phi) is 2.76. The first-order valence-electron chi connectivity index (χ1n) is 7.40. The van der Waals surface area contributed by atoms with Crippen molar-refractivity contribution in [1.29, 1.82) is 0 Å². The summed E-state index contributed by atoms with van der Waals surface area (Å²) < 4.78 is 1.33. The van der Waals surface area contributed by atoms with Gasteiger partial charge in [-0.3, -0.25) is 0 Å². The van der Waals surface area contributed by atoms with Gasteiger partial charge in [0.25, 0.3) is 0 Å². The van der Waals surface area contributed by atoms with E-state index >= 15 is 0 Å². The van der Waals surface area contributed by atoms with E-state index in [4.69, 9.17) is 0 Å². The molecule has 2 aromatic rings. The van der Waals surface area contributed by atoms with E-state index in [-0.39, 0.29) is 0 Å². The van der Waals surface area contributed by atoms with Crippen LogP contribution in [0.1, 0.15) is 32.6 Å². The van der Waals surface area contributed by atoms with E-state index in [0.717, 1.165) is 23.6 Å². The third-order valence-electron chi connectivity index (χ3n) is 5.18. The van der Waals surface area contributed by atoms with Crippen molar-refractivity contribution < 1.29 is 0 Å². The zero-order chi connectivity index (χ0) is 12.8. The molecule has 2 aliphatic rings. The molecule has 0 spiro atoms. The molecule has 2 aliphatic carbocycles. The largest absolute Gasteiger partial charge is 0.367 e. The third-order valence-corrected chi connectivity index (χ3v) is 6.06. The normalized spacial score (nSPS) is 30.9. The van der Waals surface area contributed by atoms with Gasteiger partial charge in [-0.2, -0.15) is 0 Å². The molecule has 0 amide bonds. The van der Waals surface area contributed by atoms with Crippen molar-refractivity contribution in [3.63, 3.8) is 0 Å². The number of thiophene rings is 1. The van der Waals surface area contributed by atoms with Gasteiger partial charge in [-0.05, 0) is 61.5 Å². The van der Waals surface area contributed by atoms with Gasteiger partial charge in [0, 0.05) is 22.3 Å². The fourth-order valence-electron chi connectivity index (χ4n) is 4.24. The summed E-state index contributed by atoms with van der Waals surface area (Å²) >= 11 is 1.79. The molecule has 4 unspecified atom stereocenters. The lowest BCUT2D eigenvalue weighted by molar-refractivity contribution is 0.304. The number of aromatic nitrogens is 1. The number of pyridine rings is 1. The van der Waals surface area contributed by atoms with E-state index in [1.54, 1.807) is 11.3 Å². The molecule has 0 saturated heterocycles. The third kappa shape index (κ3) is 1.95. The molecule has 100 valence electrons. The van der Waals surface area contributed by atoms with Crippen LogP contribution in [-0.2, 0) is 0 Å². The first-order chi connectivity index (χ1) is 9.31. The van der Waals surface area contributed by atoms with Gasteiger partial charge in [0.05, 0.1) is 0 Å². The molecule has 4 rings (SSSR count). The minimum atomic E-state index is 0.549. The van der Waals surface area contributed by atoms with Crippen LogP contribution in [0.25, 0.3) is 10.1 Å². The van der Waals surface area contributed by atoms with Gasteiger partial charge in [-0.25, -0.2) is 4.98 Å². The fraction of sp³-hybridized carbons (Fsp3) is 0.562. The number of anilines is 1. The van der Waals surface area contributed by atoms with Crippen LogP contribution in [0.2, 0.25) is 0 Å². The number of nitrogens with one attached hydrogen (secondary N) is 1. The van der Waals surface area contributed by atoms with Crippen LogP contribution in [0.3, 0.4) is 0 Å². The average molecular weight is 272 g/mol. The zero-order valence-corrected chi connectivity index (χ0v) is 12.1. The predicted octanol–water partition coefficient (Wildman–Crippen LogP) is 4.53. The van der Waals surface area contributed by atoms with E-state index in [9.17, 15) is 0 Å². The molecule has 4 atom stereocenters. The number of rotatable bonds is 3. The van der Waals surface area contributed by atoms with Gasteiger partial charge in [-0.1, -0.05) is 6.42 Å². The maximum absolute atomic E-state index is 4.55. The second-order valence-electron chi connectivity index (χ2n) is 6.26. The first-order valence-corrected chi connectivity index (χ1v) is 8.28. The van der Waals surface area contributed by atoms with Crippen LogP contribution in [0.5, 0.6) is 0 Å². The topological polar surface area (TPSA) is 24.9 Å². The van der Waals surface area contributed by atoms with E-state index in [1.165, 1.54) is 35.8 Å². The van der Waals surface area contributed by atoms with Crippen LogP contribution < -0.4 is 5.32 Å². The van der Waals surface area contributed by atoms with Gasteiger partial charge >= 0.3 is 0 Å². The molecular formula is C16H20N2S. The summed E-state index contributed by atoms with van der Waals surface area (Å²) in [5.41, 5.74) is 0. The molecule has 2 bridgehead atoms. The molecule has 0 radical (unpaired) electrons. The van der Waals surface area contributed by atoms with Gasteiger partial charge in [0.1, 0.15) is 5.82 Å².